The van der Waals surface area contributed by atoms with Crippen LogP contribution in [0.25, 0.3) is 0 Å². The zero-order valence-corrected chi connectivity index (χ0v) is 22.4. The van der Waals surface area contributed by atoms with E-state index in [0.29, 0.717) is 44.7 Å². The van der Waals surface area contributed by atoms with E-state index in [4.69, 9.17) is 21.7 Å². The van der Waals surface area contributed by atoms with Gasteiger partial charge >= 0.3 is 5.97 Å². The number of halogens is 2. The van der Waals surface area contributed by atoms with Gasteiger partial charge in [0.1, 0.15) is 5.75 Å². The molecule has 34 heavy (non-hydrogen) atoms. The van der Waals surface area contributed by atoms with Crippen LogP contribution in [0.5, 0.6) is 5.75 Å². The summed E-state index contributed by atoms with van der Waals surface area (Å²) in [6.45, 7) is 2.39. The predicted octanol–water partition coefficient (Wildman–Crippen LogP) is 5.51. The van der Waals surface area contributed by atoms with Gasteiger partial charge in [-0.25, -0.2) is 4.79 Å². The van der Waals surface area contributed by atoms with Crippen LogP contribution < -0.4 is 15.0 Å². The summed E-state index contributed by atoms with van der Waals surface area (Å²) in [4.78, 5) is 31.0. The third kappa shape index (κ3) is 6.40. The molecular weight excluding hydrogens is 586 g/mol. The van der Waals surface area contributed by atoms with Crippen molar-refractivity contribution in [1.82, 2.24) is 10.3 Å². The molecule has 0 radical (unpaired) electrons. The van der Waals surface area contributed by atoms with Gasteiger partial charge in [0.15, 0.2) is 5.11 Å². The van der Waals surface area contributed by atoms with Gasteiger partial charge in [0.25, 0.3) is 5.91 Å². The van der Waals surface area contributed by atoms with Crippen LogP contribution in [0.15, 0.2) is 69.9 Å². The molecule has 0 saturated heterocycles. The fraction of sp³-hybridized carbons (Fsp3) is 0.167. The van der Waals surface area contributed by atoms with Crippen molar-refractivity contribution in [2.75, 3.05) is 18.6 Å². The predicted molar refractivity (Wildman–Crippen MR) is 141 cm³/mol. The van der Waals surface area contributed by atoms with Crippen LogP contribution in [0.3, 0.4) is 0 Å². The maximum absolute atomic E-state index is 13.1. The lowest BCUT2D eigenvalue weighted by Gasteiger charge is -2.26. The van der Waals surface area contributed by atoms with Gasteiger partial charge in [0.2, 0.25) is 0 Å². The Labute approximate surface area is 219 Å². The first kappa shape index (κ1) is 25.8. The molecule has 3 rings (SSSR count). The lowest BCUT2D eigenvalue weighted by Crippen LogP contribution is -2.42. The highest BCUT2D eigenvalue weighted by atomic mass is 79.9. The Hall–Kier alpha value is -2.82. The van der Waals surface area contributed by atoms with Crippen molar-refractivity contribution in [3.05, 3.63) is 86.6 Å². The number of ether oxygens (including phenoxy) is 2. The highest BCUT2D eigenvalue weighted by molar-refractivity contribution is 9.11. The van der Waals surface area contributed by atoms with Crippen LogP contribution in [-0.4, -0.2) is 35.7 Å². The lowest BCUT2D eigenvalue weighted by molar-refractivity contribution is 0.0526. The number of rotatable bonds is 7. The van der Waals surface area contributed by atoms with Crippen LogP contribution in [0.4, 0.5) is 5.69 Å². The minimum absolute atomic E-state index is 0.177. The van der Waals surface area contributed by atoms with Crippen molar-refractivity contribution in [3.8, 4) is 5.75 Å². The average Bonchev–Trinajstić information content (AvgIpc) is 2.83. The number of amides is 1. The van der Waals surface area contributed by atoms with Crippen molar-refractivity contribution < 1.29 is 19.1 Å². The second-order valence-electron chi connectivity index (χ2n) is 6.94. The number of esters is 1. The van der Waals surface area contributed by atoms with Crippen molar-refractivity contribution in [1.29, 1.82) is 0 Å². The van der Waals surface area contributed by atoms with Crippen LogP contribution >= 0.6 is 44.1 Å². The summed E-state index contributed by atoms with van der Waals surface area (Å²) in [6, 6.07) is 14.0. The number of methoxy groups -OCH3 is 1. The molecule has 7 nitrogen and oxygen atoms in total. The maximum atomic E-state index is 13.1. The van der Waals surface area contributed by atoms with Crippen LogP contribution in [-0.2, 0) is 11.3 Å². The Balaban J connectivity index is 1.90. The van der Waals surface area contributed by atoms with Crippen LogP contribution in [0, 0.1) is 0 Å². The summed E-state index contributed by atoms with van der Waals surface area (Å²) in [5, 5.41) is 2.96. The summed E-state index contributed by atoms with van der Waals surface area (Å²) < 4.78 is 11.8. The molecule has 10 heteroatoms. The molecule has 3 aromatic rings. The van der Waals surface area contributed by atoms with E-state index in [1.807, 2.05) is 12.1 Å². The number of hydrogen-bond donors (Lipinski definition) is 1. The highest BCUT2D eigenvalue weighted by Crippen LogP contribution is 2.32. The van der Waals surface area contributed by atoms with Crippen LogP contribution in [0.1, 0.15) is 33.2 Å². The van der Waals surface area contributed by atoms with Crippen molar-refractivity contribution in [2.45, 2.75) is 13.5 Å². The molecule has 0 aliphatic heterocycles. The molecule has 1 aromatic heterocycles. The Kier molecular flexibility index (Phi) is 9.14. The number of pyridine rings is 1. The quantitative estimate of drug-likeness (QED) is 0.280. The number of nitrogens with one attached hydrogen (secondary N) is 1. The second kappa shape index (κ2) is 12.0. The maximum Gasteiger partial charge on any atom is 0.338 e. The first-order valence-corrected chi connectivity index (χ1v) is 12.2. The minimum Gasteiger partial charge on any atom is -0.495 e. The third-order valence-corrected chi connectivity index (χ3v) is 6.05. The standard InChI is InChI=1S/C24H21Br2N3O4S/c1-3-33-23(31)16-6-8-18(9-7-16)29(14-15-5-4-10-27-13-15)24(34)28-22(30)19-11-17(25)12-20(26)21(19)32-2/h4-13H,3,14H2,1-2H3,(H,28,30,34). The summed E-state index contributed by atoms with van der Waals surface area (Å²) >= 11 is 12.4. The Bertz CT molecular complexity index is 1190. The average molecular weight is 607 g/mol. The van der Waals surface area contributed by atoms with Gasteiger partial charge in [-0.3, -0.25) is 15.1 Å². The van der Waals surface area contributed by atoms with E-state index in [1.54, 1.807) is 60.6 Å². The summed E-state index contributed by atoms with van der Waals surface area (Å²) in [5.74, 6) is -0.444. The summed E-state index contributed by atoms with van der Waals surface area (Å²) in [7, 11) is 1.49. The fourth-order valence-electron chi connectivity index (χ4n) is 3.11. The largest absolute Gasteiger partial charge is 0.495 e. The first-order valence-electron chi connectivity index (χ1n) is 10.2. The number of thiocarbonyl (C=S) groups is 1. The molecule has 0 spiro atoms. The van der Waals surface area contributed by atoms with Crippen LogP contribution in [0.2, 0.25) is 0 Å². The molecule has 0 fully saturated rings. The number of benzene rings is 2. The van der Waals surface area contributed by atoms with E-state index in [0.717, 1.165) is 5.56 Å². The van der Waals surface area contributed by atoms with Crippen molar-refractivity contribution in [3.63, 3.8) is 0 Å². The zero-order valence-electron chi connectivity index (χ0n) is 18.4. The molecule has 0 bridgehead atoms. The summed E-state index contributed by atoms with van der Waals surface area (Å²) in [5.41, 5.74) is 2.30. The number of carbonyl (C=O) groups excluding carboxylic acids is 2. The number of hydrogen-bond acceptors (Lipinski definition) is 6. The molecular formula is C24H21Br2N3O4S. The van der Waals surface area contributed by atoms with Crippen molar-refractivity contribution in [2.24, 2.45) is 0 Å². The molecule has 1 amide bonds. The van der Waals surface area contributed by atoms with E-state index >= 15 is 0 Å². The Morgan fingerprint density at radius 1 is 1.15 bits per heavy atom. The minimum atomic E-state index is -0.428. The molecule has 0 aliphatic carbocycles. The topological polar surface area (TPSA) is 80.8 Å². The van der Waals surface area contributed by atoms with Gasteiger partial charge < -0.3 is 14.4 Å². The number of anilines is 1. The van der Waals surface area contributed by atoms with E-state index < -0.39 is 11.9 Å². The van der Waals surface area contributed by atoms with Gasteiger partial charge in [0, 0.05) is 22.6 Å². The normalized spacial score (nSPS) is 10.4. The third-order valence-electron chi connectivity index (χ3n) is 4.68. The molecule has 176 valence electrons. The highest BCUT2D eigenvalue weighted by Gasteiger charge is 2.21. The molecule has 1 N–H and O–H groups in total. The Morgan fingerprint density at radius 3 is 2.50 bits per heavy atom. The lowest BCUT2D eigenvalue weighted by atomic mass is 10.1. The molecule has 0 aliphatic rings. The van der Waals surface area contributed by atoms with Gasteiger partial charge in [0.05, 0.1) is 35.9 Å². The van der Waals surface area contributed by atoms with E-state index in [-0.39, 0.29) is 5.11 Å². The van der Waals surface area contributed by atoms with Gasteiger partial charge in [-0.15, -0.1) is 0 Å². The van der Waals surface area contributed by atoms with E-state index in [1.165, 1.54) is 7.11 Å². The van der Waals surface area contributed by atoms with Gasteiger partial charge in [-0.1, -0.05) is 22.0 Å². The van der Waals surface area contributed by atoms with Crippen molar-refractivity contribution >= 4 is 66.8 Å². The number of nitrogens with zero attached hydrogens (tertiary/aromatic N) is 2. The zero-order chi connectivity index (χ0) is 24.7. The monoisotopic (exact) mass is 605 g/mol. The SMILES string of the molecule is CCOC(=O)c1ccc(N(Cc2cccnc2)C(=S)NC(=O)c2cc(Br)cc(Br)c2OC)cc1. The molecule has 0 saturated carbocycles. The Morgan fingerprint density at radius 2 is 1.88 bits per heavy atom. The number of aromatic nitrogens is 1. The van der Waals surface area contributed by atoms with Gasteiger partial charge in [-0.05, 0) is 83.1 Å². The second-order valence-corrected chi connectivity index (χ2v) is 9.10. The molecule has 2 aromatic carbocycles. The molecule has 0 unspecified atom stereocenters. The number of carbonyl (C=O) groups is 2. The smallest absolute Gasteiger partial charge is 0.338 e. The summed E-state index contributed by atoms with van der Waals surface area (Å²) in [6.07, 6.45) is 3.40. The fourth-order valence-corrected chi connectivity index (χ4v) is 4.76. The molecule has 0 atom stereocenters. The van der Waals surface area contributed by atoms with E-state index in [9.17, 15) is 9.59 Å². The van der Waals surface area contributed by atoms with E-state index in [2.05, 4.69) is 42.2 Å². The van der Waals surface area contributed by atoms with Gasteiger partial charge in [-0.2, -0.15) is 0 Å². The first-order chi connectivity index (χ1) is 16.3. The molecule has 1 heterocycles.